The summed E-state index contributed by atoms with van der Waals surface area (Å²) < 4.78 is 113. The molecule has 3 atom stereocenters. The zero-order chi connectivity index (χ0) is 32.9. The lowest BCUT2D eigenvalue weighted by Crippen LogP contribution is -2.55. The minimum atomic E-state index is -4.94. The lowest BCUT2D eigenvalue weighted by molar-refractivity contribution is -0.0520. The van der Waals surface area contributed by atoms with Crippen molar-refractivity contribution in [2.75, 3.05) is 21.5 Å². The molecule has 2 bridgehead atoms. The number of hydrogen-bond acceptors (Lipinski definition) is 10. The Balaban J connectivity index is 1.15. The van der Waals surface area contributed by atoms with Gasteiger partial charge >= 0.3 is 6.61 Å². The fourth-order valence-electron chi connectivity index (χ4n) is 7.04. The number of anilines is 2. The summed E-state index contributed by atoms with van der Waals surface area (Å²) in [5.74, 6) is -2.13. The standard InChI is InChI=1S/C30H25F4N5O5S3/c31-18-4-2-6-21(44-28(33)34)26(18)47(42,43)39-19-5-1-3-15(22(19)32)24-25(45-27(37-24)30-9-14(10-30)11-30)20-7-8-35-29(36-20)38-23-16-12-46(40,41)13-17(16)23/h1-8,14,16-17,23,28,39H,9-13H2,(H,35,36,38)/t14?,16-,17+,23+,30?. The first kappa shape index (κ1) is 30.5. The van der Waals surface area contributed by atoms with Crippen LogP contribution >= 0.6 is 11.3 Å². The first-order chi connectivity index (χ1) is 22.3. The summed E-state index contributed by atoms with van der Waals surface area (Å²) in [6, 6.07) is 8.17. The van der Waals surface area contributed by atoms with Crippen molar-refractivity contribution in [1.82, 2.24) is 15.0 Å². The van der Waals surface area contributed by atoms with Crippen molar-refractivity contribution in [3.8, 4) is 27.6 Å². The molecule has 2 aromatic heterocycles. The highest BCUT2D eigenvalue weighted by Crippen LogP contribution is 2.66. The molecular weight excluding hydrogens is 683 g/mol. The number of rotatable bonds is 10. The molecule has 9 rings (SSSR count). The lowest BCUT2D eigenvalue weighted by Gasteiger charge is -2.60. The molecule has 2 aromatic carbocycles. The highest BCUT2D eigenvalue weighted by Gasteiger charge is 2.60. The lowest BCUT2D eigenvalue weighted by atomic mass is 9.45. The smallest absolute Gasteiger partial charge is 0.387 e. The molecule has 1 saturated heterocycles. The van der Waals surface area contributed by atoms with Crippen LogP contribution in [-0.4, -0.2) is 55.9 Å². The third-order valence-electron chi connectivity index (χ3n) is 9.44. The molecule has 47 heavy (non-hydrogen) atoms. The second-order valence-corrected chi connectivity index (χ2v) is 17.3. The first-order valence-corrected chi connectivity index (χ1v) is 18.8. The molecule has 4 saturated carbocycles. The van der Waals surface area contributed by atoms with Gasteiger partial charge in [0.15, 0.2) is 20.5 Å². The van der Waals surface area contributed by atoms with Gasteiger partial charge in [0, 0.05) is 23.2 Å². The fraction of sp³-hybridized carbons (Fsp3) is 0.367. The summed E-state index contributed by atoms with van der Waals surface area (Å²) in [7, 11) is -7.97. The zero-order valence-electron chi connectivity index (χ0n) is 24.2. The SMILES string of the molecule is O=S1(=O)C[C@@H]2[C@H](C1)[C@H]2Nc1nccc(-c2sc(C34CC(C3)C4)nc2-c2cccc(NS(=O)(=O)c3c(F)cccc3OC(F)F)c2F)n1. The van der Waals surface area contributed by atoms with E-state index in [1.54, 1.807) is 6.07 Å². The van der Waals surface area contributed by atoms with Crippen molar-refractivity contribution in [2.45, 2.75) is 42.2 Å². The number of alkyl halides is 2. The Bertz CT molecular complexity index is 2130. The molecular formula is C30H25F4N5O5S3. The van der Waals surface area contributed by atoms with Crippen LogP contribution in [-0.2, 0) is 25.3 Å². The summed E-state index contributed by atoms with van der Waals surface area (Å²) in [6.45, 7) is -3.43. The number of ether oxygens (including phenoxy) is 1. The van der Waals surface area contributed by atoms with Crippen molar-refractivity contribution in [2.24, 2.45) is 17.8 Å². The molecule has 0 amide bonds. The van der Waals surface area contributed by atoms with Gasteiger partial charge in [-0.3, -0.25) is 4.72 Å². The number of thiazole rings is 1. The normalized spacial score (nSPS) is 26.7. The molecule has 3 heterocycles. The number of sulfone groups is 1. The van der Waals surface area contributed by atoms with Crippen LogP contribution in [0.3, 0.4) is 0 Å². The Morgan fingerprint density at radius 1 is 1.00 bits per heavy atom. The minimum absolute atomic E-state index is 0.00472. The van der Waals surface area contributed by atoms with Crippen LogP contribution in [0.2, 0.25) is 0 Å². The Hall–Kier alpha value is -3.83. The highest BCUT2D eigenvalue weighted by molar-refractivity contribution is 7.93. The predicted molar refractivity (Wildman–Crippen MR) is 164 cm³/mol. The number of fused-ring (bicyclic) bond motifs is 1. The summed E-state index contributed by atoms with van der Waals surface area (Å²) in [5.41, 5.74) is -0.0478. The summed E-state index contributed by atoms with van der Waals surface area (Å²) in [4.78, 5) is 13.2. The Morgan fingerprint density at radius 3 is 2.40 bits per heavy atom. The fourth-order valence-corrected chi connectivity index (χ4v) is 11.8. The molecule has 2 N–H and O–H groups in total. The third kappa shape index (κ3) is 5.22. The van der Waals surface area contributed by atoms with E-state index in [-0.39, 0.29) is 46.1 Å². The maximum atomic E-state index is 16.3. The molecule has 5 aliphatic rings. The van der Waals surface area contributed by atoms with Crippen LogP contribution in [0.4, 0.5) is 29.2 Å². The molecule has 17 heteroatoms. The van der Waals surface area contributed by atoms with E-state index in [1.165, 1.54) is 29.7 Å². The molecule has 10 nitrogen and oxygen atoms in total. The van der Waals surface area contributed by atoms with Gasteiger partial charge in [-0.05, 0) is 67.3 Å². The van der Waals surface area contributed by atoms with Gasteiger partial charge in [0.2, 0.25) is 5.95 Å². The van der Waals surface area contributed by atoms with Crippen molar-refractivity contribution < 1.29 is 39.1 Å². The number of benzene rings is 2. The van der Waals surface area contributed by atoms with Crippen LogP contribution in [0.15, 0.2) is 53.6 Å². The van der Waals surface area contributed by atoms with E-state index in [0.29, 0.717) is 22.4 Å². The second kappa shape index (κ2) is 10.6. The second-order valence-electron chi connectivity index (χ2n) is 12.5. The van der Waals surface area contributed by atoms with E-state index in [1.807, 2.05) is 4.72 Å². The molecule has 1 aliphatic heterocycles. The quantitative estimate of drug-likeness (QED) is 0.206. The average Bonchev–Trinajstić information content (AvgIpc) is 3.25. The van der Waals surface area contributed by atoms with Crippen molar-refractivity contribution in [3.05, 3.63) is 65.3 Å². The van der Waals surface area contributed by atoms with E-state index >= 15 is 4.39 Å². The summed E-state index contributed by atoms with van der Waals surface area (Å²) in [5, 5.41) is 4.04. The predicted octanol–water partition coefficient (Wildman–Crippen LogP) is 5.45. The molecule has 4 aliphatic carbocycles. The van der Waals surface area contributed by atoms with Gasteiger partial charge in [-0.1, -0.05) is 12.1 Å². The average molecular weight is 708 g/mol. The van der Waals surface area contributed by atoms with E-state index in [2.05, 4.69) is 20.0 Å². The minimum Gasteiger partial charge on any atom is -0.433 e. The molecule has 0 radical (unpaired) electrons. The number of halogens is 4. The number of hydrogen-bond donors (Lipinski definition) is 2. The number of nitrogens with one attached hydrogen (secondary N) is 2. The van der Waals surface area contributed by atoms with E-state index < -0.39 is 54.4 Å². The van der Waals surface area contributed by atoms with Gasteiger partial charge in [-0.15, -0.1) is 11.3 Å². The van der Waals surface area contributed by atoms with Crippen molar-refractivity contribution in [3.63, 3.8) is 0 Å². The van der Waals surface area contributed by atoms with Crippen molar-refractivity contribution >= 4 is 42.8 Å². The van der Waals surface area contributed by atoms with Crippen molar-refractivity contribution in [1.29, 1.82) is 0 Å². The van der Waals surface area contributed by atoms with Crippen LogP contribution in [0, 0.1) is 29.4 Å². The Morgan fingerprint density at radius 2 is 1.72 bits per heavy atom. The molecule has 0 spiro atoms. The maximum absolute atomic E-state index is 16.3. The van der Waals surface area contributed by atoms with Gasteiger partial charge in [-0.25, -0.2) is 40.6 Å². The Kier molecular flexibility index (Phi) is 6.87. The third-order valence-corrected chi connectivity index (χ3v) is 14.0. The number of sulfonamides is 1. The van der Waals surface area contributed by atoms with E-state index in [9.17, 15) is 30.0 Å². The monoisotopic (exact) mass is 707 g/mol. The van der Waals surface area contributed by atoms with Crippen LogP contribution < -0.4 is 14.8 Å². The maximum Gasteiger partial charge on any atom is 0.387 e. The van der Waals surface area contributed by atoms with Crippen LogP contribution in [0.25, 0.3) is 21.8 Å². The molecule has 5 fully saturated rings. The molecule has 0 unspecified atom stereocenters. The van der Waals surface area contributed by atoms with Crippen LogP contribution in [0.1, 0.15) is 24.3 Å². The number of nitrogens with zero attached hydrogens (tertiary/aromatic N) is 3. The van der Waals surface area contributed by atoms with Gasteiger partial charge < -0.3 is 10.1 Å². The molecule has 246 valence electrons. The summed E-state index contributed by atoms with van der Waals surface area (Å²) >= 11 is 1.37. The van der Waals surface area contributed by atoms with Gasteiger partial charge in [-0.2, -0.15) is 8.78 Å². The Labute approximate surface area is 270 Å². The summed E-state index contributed by atoms with van der Waals surface area (Å²) in [6.07, 6.45) is 4.45. The molecule has 4 aromatic rings. The van der Waals surface area contributed by atoms with E-state index in [4.69, 9.17) is 4.98 Å². The van der Waals surface area contributed by atoms with Gasteiger partial charge in [0.05, 0.1) is 33.5 Å². The highest BCUT2D eigenvalue weighted by atomic mass is 32.2. The first-order valence-electron chi connectivity index (χ1n) is 14.7. The van der Waals surface area contributed by atoms with Gasteiger partial charge in [0.25, 0.3) is 10.0 Å². The largest absolute Gasteiger partial charge is 0.433 e. The van der Waals surface area contributed by atoms with E-state index in [0.717, 1.165) is 48.5 Å². The van der Waals surface area contributed by atoms with Gasteiger partial charge in [0.1, 0.15) is 16.6 Å². The topological polar surface area (TPSA) is 140 Å². The zero-order valence-corrected chi connectivity index (χ0v) is 26.6. The van der Waals surface area contributed by atoms with Crippen LogP contribution in [0.5, 0.6) is 5.75 Å². The number of aromatic nitrogens is 3.